The Morgan fingerprint density at radius 1 is 1.43 bits per heavy atom. The molecule has 2 heterocycles. The number of aromatic amines is 1. The topological polar surface area (TPSA) is 125 Å². The van der Waals surface area contributed by atoms with Gasteiger partial charge in [-0.05, 0) is 6.42 Å². The summed E-state index contributed by atoms with van der Waals surface area (Å²) >= 11 is 0. The first-order valence-corrected chi connectivity index (χ1v) is 6.41. The standard InChI is InChI=1S/C12H16N6O3/c19-11(20)8-18-7-9(6-16-18)17-12(21)15-3-1-2-10-13-4-5-14-10/h4-7H,1-3,8H2,(H,13,14)(H,19,20)(H2,15,17,21). The van der Waals surface area contributed by atoms with Crippen LogP contribution in [0.5, 0.6) is 0 Å². The van der Waals surface area contributed by atoms with E-state index in [9.17, 15) is 9.59 Å². The fourth-order valence-corrected chi connectivity index (χ4v) is 1.72. The Morgan fingerprint density at radius 2 is 2.29 bits per heavy atom. The summed E-state index contributed by atoms with van der Waals surface area (Å²) in [5.41, 5.74) is 0.444. The number of H-pyrrole nitrogens is 1. The normalized spacial score (nSPS) is 10.3. The van der Waals surface area contributed by atoms with Crippen LogP contribution < -0.4 is 10.6 Å². The average Bonchev–Trinajstić information content (AvgIpc) is 3.06. The van der Waals surface area contributed by atoms with Gasteiger partial charge >= 0.3 is 12.0 Å². The number of carboxylic acids is 1. The molecular formula is C12H16N6O3. The molecule has 0 aromatic carbocycles. The molecule has 0 saturated carbocycles. The Morgan fingerprint density at radius 3 is 3.00 bits per heavy atom. The molecule has 0 spiro atoms. The zero-order valence-corrected chi connectivity index (χ0v) is 11.2. The van der Waals surface area contributed by atoms with Crippen LogP contribution in [0.15, 0.2) is 24.8 Å². The third kappa shape index (κ3) is 4.97. The predicted octanol–water partition coefficient (Wildman–Crippen LogP) is 0.445. The smallest absolute Gasteiger partial charge is 0.325 e. The van der Waals surface area contributed by atoms with Crippen LogP contribution in [0.4, 0.5) is 10.5 Å². The number of aliphatic carboxylic acids is 1. The van der Waals surface area contributed by atoms with Crippen molar-refractivity contribution in [3.63, 3.8) is 0 Å². The van der Waals surface area contributed by atoms with Gasteiger partial charge in [-0.3, -0.25) is 9.48 Å². The number of hydrogen-bond acceptors (Lipinski definition) is 4. The van der Waals surface area contributed by atoms with Gasteiger partial charge in [0, 0.05) is 31.6 Å². The molecule has 2 rings (SSSR count). The Balaban J connectivity index is 1.67. The van der Waals surface area contributed by atoms with Crippen LogP contribution >= 0.6 is 0 Å². The molecule has 2 amide bonds. The number of carboxylic acid groups (broad SMARTS) is 1. The fourth-order valence-electron chi connectivity index (χ4n) is 1.72. The molecule has 0 unspecified atom stereocenters. The van der Waals surface area contributed by atoms with Crippen molar-refractivity contribution in [3.05, 3.63) is 30.6 Å². The highest BCUT2D eigenvalue weighted by Crippen LogP contribution is 2.04. The first kappa shape index (κ1) is 14.6. The molecule has 0 atom stereocenters. The third-order valence-electron chi connectivity index (χ3n) is 2.62. The van der Waals surface area contributed by atoms with E-state index in [2.05, 4.69) is 25.7 Å². The van der Waals surface area contributed by atoms with Crippen molar-refractivity contribution in [1.82, 2.24) is 25.1 Å². The quantitative estimate of drug-likeness (QED) is 0.551. The van der Waals surface area contributed by atoms with Crippen molar-refractivity contribution in [2.75, 3.05) is 11.9 Å². The van der Waals surface area contributed by atoms with Crippen molar-refractivity contribution in [1.29, 1.82) is 0 Å². The summed E-state index contributed by atoms with van der Waals surface area (Å²) in [6, 6.07) is -0.357. The monoisotopic (exact) mass is 292 g/mol. The minimum Gasteiger partial charge on any atom is -0.480 e. The molecule has 0 bridgehead atoms. The number of rotatable bonds is 7. The summed E-state index contributed by atoms with van der Waals surface area (Å²) in [6.07, 6.45) is 7.81. The molecule has 21 heavy (non-hydrogen) atoms. The number of carbonyl (C=O) groups excluding carboxylic acids is 1. The number of aromatic nitrogens is 4. The molecule has 0 aliphatic rings. The van der Waals surface area contributed by atoms with Gasteiger partial charge in [0.15, 0.2) is 0 Å². The highest BCUT2D eigenvalue weighted by atomic mass is 16.4. The summed E-state index contributed by atoms with van der Waals surface area (Å²) < 4.78 is 1.23. The Kier molecular flexibility index (Phi) is 4.91. The van der Waals surface area contributed by atoms with E-state index in [0.29, 0.717) is 12.2 Å². The van der Waals surface area contributed by atoms with E-state index in [0.717, 1.165) is 18.7 Å². The lowest BCUT2D eigenvalue weighted by Crippen LogP contribution is -2.29. The van der Waals surface area contributed by atoms with E-state index in [1.165, 1.54) is 17.1 Å². The zero-order valence-electron chi connectivity index (χ0n) is 11.2. The number of urea groups is 1. The lowest BCUT2D eigenvalue weighted by molar-refractivity contribution is -0.137. The molecule has 0 fully saturated rings. The Labute approximate surface area is 120 Å². The maximum absolute atomic E-state index is 11.6. The summed E-state index contributed by atoms with van der Waals surface area (Å²) in [6.45, 7) is 0.266. The molecule has 9 nitrogen and oxygen atoms in total. The third-order valence-corrected chi connectivity index (χ3v) is 2.62. The first-order chi connectivity index (χ1) is 10.1. The van der Waals surface area contributed by atoms with Crippen molar-refractivity contribution >= 4 is 17.7 Å². The fraction of sp³-hybridized carbons (Fsp3) is 0.333. The van der Waals surface area contributed by atoms with Gasteiger partial charge in [0.25, 0.3) is 0 Å². The summed E-state index contributed by atoms with van der Waals surface area (Å²) in [7, 11) is 0. The highest BCUT2D eigenvalue weighted by molar-refractivity contribution is 5.88. The lowest BCUT2D eigenvalue weighted by atomic mass is 10.3. The maximum atomic E-state index is 11.6. The van der Waals surface area contributed by atoms with Crippen molar-refractivity contribution in [3.8, 4) is 0 Å². The number of aryl methyl sites for hydroxylation is 1. The summed E-state index contributed by atoms with van der Waals surface area (Å²) in [5, 5.41) is 17.7. The average molecular weight is 292 g/mol. The number of amides is 2. The minimum absolute atomic E-state index is 0.244. The molecule has 4 N–H and O–H groups in total. The van der Waals surface area contributed by atoms with Crippen LogP contribution in [0, 0.1) is 0 Å². The molecule has 2 aromatic heterocycles. The minimum atomic E-state index is -0.993. The molecule has 0 aliphatic carbocycles. The van der Waals surface area contributed by atoms with Gasteiger partial charge in [0.05, 0.1) is 11.9 Å². The number of nitrogens with one attached hydrogen (secondary N) is 3. The molecule has 112 valence electrons. The van der Waals surface area contributed by atoms with Crippen molar-refractivity contribution in [2.45, 2.75) is 19.4 Å². The number of imidazole rings is 1. The van der Waals surface area contributed by atoms with Gasteiger partial charge in [-0.25, -0.2) is 9.78 Å². The lowest BCUT2D eigenvalue weighted by Gasteiger charge is -2.05. The van der Waals surface area contributed by atoms with Gasteiger partial charge in [0.1, 0.15) is 12.4 Å². The largest absolute Gasteiger partial charge is 0.480 e. The van der Waals surface area contributed by atoms with Crippen LogP contribution in [-0.2, 0) is 17.8 Å². The predicted molar refractivity (Wildman–Crippen MR) is 73.8 cm³/mol. The van der Waals surface area contributed by atoms with E-state index < -0.39 is 5.97 Å². The number of hydrogen-bond donors (Lipinski definition) is 4. The van der Waals surface area contributed by atoms with Gasteiger partial charge in [-0.1, -0.05) is 0 Å². The van der Waals surface area contributed by atoms with E-state index in [1.54, 1.807) is 12.4 Å². The number of nitrogens with zero attached hydrogens (tertiary/aromatic N) is 3. The Bertz CT molecular complexity index is 592. The van der Waals surface area contributed by atoms with Crippen LogP contribution in [-0.4, -0.2) is 43.4 Å². The van der Waals surface area contributed by atoms with Crippen LogP contribution in [0.2, 0.25) is 0 Å². The van der Waals surface area contributed by atoms with Crippen LogP contribution in [0.3, 0.4) is 0 Å². The second-order valence-electron chi connectivity index (χ2n) is 4.34. The Hall–Kier alpha value is -2.84. The molecule has 0 radical (unpaired) electrons. The second-order valence-corrected chi connectivity index (χ2v) is 4.34. The second kappa shape index (κ2) is 7.08. The maximum Gasteiger partial charge on any atom is 0.325 e. The van der Waals surface area contributed by atoms with Crippen molar-refractivity contribution in [2.24, 2.45) is 0 Å². The SMILES string of the molecule is O=C(O)Cn1cc(NC(=O)NCCCc2ncc[nH]2)cn1. The molecule has 9 heteroatoms. The van der Waals surface area contributed by atoms with Gasteiger partial charge < -0.3 is 20.7 Å². The van der Waals surface area contributed by atoms with Gasteiger partial charge in [-0.15, -0.1) is 0 Å². The highest BCUT2D eigenvalue weighted by Gasteiger charge is 2.05. The van der Waals surface area contributed by atoms with Crippen LogP contribution in [0.25, 0.3) is 0 Å². The molecule has 2 aromatic rings. The zero-order chi connectivity index (χ0) is 15.1. The molecule has 0 saturated heterocycles. The van der Waals surface area contributed by atoms with Gasteiger partial charge in [0.2, 0.25) is 0 Å². The first-order valence-electron chi connectivity index (χ1n) is 6.41. The number of anilines is 1. The molecule has 0 aliphatic heterocycles. The summed E-state index contributed by atoms with van der Waals surface area (Å²) in [5.74, 6) is -0.112. The van der Waals surface area contributed by atoms with E-state index in [4.69, 9.17) is 5.11 Å². The van der Waals surface area contributed by atoms with E-state index in [-0.39, 0.29) is 12.6 Å². The summed E-state index contributed by atoms with van der Waals surface area (Å²) in [4.78, 5) is 29.2. The van der Waals surface area contributed by atoms with Crippen molar-refractivity contribution < 1.29 is 14.7 Å². The molecular weight excluding hydrogens is 276 g/mol. The van der Waals surface area contributed by atoms with Crippen LogP contribution in [0.1, 0.15) is 12.2 Å². The van der Waals surface area contributed by atoms with Gasteiger partial charge in [-0.2, -0.15) is 5.10 Å². The number of carbonyl (C=O) groups is 2. The van der Waals surface area contributed by atoms with E-state index in [1.807, 2.05) is 0 Å². The van der Waals surface area contributed by atoms with E-state index >= 15 is 0 Å².